The van der Waals surface area contributed by atoms with Crippen LogP contribution in [-0.4, -0.2) is 14.9 Å². The fraction of sp³-hybridized carbons (Fsp3) is 0.182. The normalized spacial score (nSPS) is 10.5. The number of phenolic OH excluding ortho intramolecular Hbond substituents is 1. The van der Waals surface area contributed by atoms with Crippen LogP contribution in [0.5, 0.6) is 5.75 Å². The number of aromatic nitrogens is 2. The van der Waals surface area contributed by atoms with Gasteiger partial charge in [-0.3, -0.25) is 0 Å². The van der Waals surface area contributed by atoms with Gasteiger partial charge in [0.15, 0.2) is 0 Å². The standard InChI is InChI=1S/C11H13N3O/c1-2-8-7-11(12)13-14(8)9-3-5-10(15)6-4-9/h3-7,15H,2H2,1H3,(H2,12,13). The van der Waals surface area contributed by atoms with E-state index in [1.807, 2.05) is 13.0 Å². The minimum atomic E-state index is 0.247. The topological polar surface area (TPSA) is 64.1 Å². The molecule has 0 atom stereocenters. The summed E-state index contributed by atoms with van der Waals surface area (Å²) in [7, 11) is 0. The maximum atomic E-state index is 9.18. The Labute approximate surface area is 88.0 Å². The molecule has 0 aliphatic rings. The lowest BCUT2D eigenvalue weighted by molar-refractivity contribution is 0.475. The van der Waals surface area contributed by atoms with Crippen LogP contribution in [0.4, 0.5) is 5.82 Å². The highest BCUT2D eigenvalue weighted by atomic mass is 16.3. The number of anilines is 1. The average Bonchev–Trinajstić information content (AvgIpc) is 2.61. The molecule has 1 aromatic heterocycles. The Morgan fingerprint density at radius 3 is 2.60 bits per heavy atom. The highest BCUT2D eigenvalue weighted by molar-refractivity contribution is 5.41. The predicted octanol–water partition coefficient (Wildman–Crippen LogP) is 1.72. The van der Waals surface area contributed by atoms with E-state index in [-0.39, 0.29) is 5.75 Å². The molecule has 1 aromatic carbocycles. The van der Waals surface area contributed by atoms with E-state index in [1.54, 1.807) is 28.9 Å². The first-order chi connectivity index (χ1) is 7.20. The fourth-order valence-corrected chi connectivity index (χ4v) is 1.51. The summed E-state index contributed by atoms with van der Waals surface area (Å²) in [6.07, 6.45) is 0.866. The van der Waals surface area contributed by atoms with Gasteiger partial charge in [-0.05, 0) is 30.7 Å². The van der Waals surface area contributed by atoms with E-state index < -0.39 is 0 Å². The van der Waals surface area contributed by atoms with E-state index in [0.717, 1.165) is 17.8 Å². The van der Waals surface area contributed by atoms with Gasteiger partial charge in [0, 0.05) is 11.8 Å². The molecule has 0 amide bonds. The predicted molar refractivity (Wildman–Crippen MR) is 59.0 cm³/mol. The Bertz CT molecular complexity index is 459. The zero-order valence-corrected chi connectivity index (χ0v) is 8.51. The molecule has 0 saturated carbocycles. The quantitative estimate of drug-likeness (QED) is 0.781. The van der Waals surface area contributed by atoms with Crippen LogP contribution in [0.25, 0.3) is 5.69 Å². The van der Waals surface area contributed by atoms with Crippen molar-refractivity contribution < 1.29 is 5.11 Å². The Balaban J connectivity index is 2.48. The Morgan fingerprint density at radius 2 is 2.00 bits per heavy atom. The minimum absolute atomic E-state index is 0.247. The van der Waals surface area contributed by atoms with Crippen molar-refractivity contribution in [1.29, 1.82) is 0 Å². The molecule has 0 bridgehead atoms. The summed E-state index contributed by atoms with van der Waals surface area (Å²) in [5.74, 6) is 0.761. The first kappa shape index (κ1) is 9.58. The van der Waals surface area contributed by atoms with Gasteiger partial charge in [-0.15, -0.1) is 0 Å². The van der Waals surface area contributed by atoms with Crippen LogP contribution in [-0.2, 0) is 6.42 Å². The van der Waals surface area contributed by atoms with Crippen LogP contribution in [0.2, 0.25) is 0 Å². The van der Waals surface area contributed by atoms with Gasteiger partial charge in [-0.2, -0.15) is 5.10 Å². The van der Waals surface area contributed by atoms with Crippen molar-refractivity contribution in [2.75, 3.05) is 5.73 Å². The smallest absolute Gasteiger partial charge is 0.146 e. The summed E-state index contributed by atoms with van der Waals surface area (Å²) >= 11 is 0. The molecule has 4 nitrogen and oxygen atoms in total. The number of hydrogen-bond donors (Lipinski definition) is 2. The molecular formula is C11H13N3O. The van der Waals surface area contributed by atoms with Crippen molar-refractivity contribution in [2.45, 2.75) is 13.3 Å². The van der Waals surface area contributed by atoms with E-state index >= 15 is 0 Å². The Hall–Kier alpha value is -1.97. The molecule has 0 spiro atoms. The van der Waals surface area contributed by atoms with Gasteiger partial charge in [0.1, 0.15) is 11.6 Å². The van der Waals surface area contributed by atoms with E-state index in [2.05, 4.69) is 5.10 Å². The van der Waals surface area contributed by atoms with Crippen molar-refractivity contribution in [1.82, 2.24) is 9.78 Å². The Morgan fingerprint density at radius 1 is 1.33 bits per heavy atom. The molecule has 3 N–H and O–H groups in total. The molecular weight excluding hydrogens is 190 g/mol. The largest absolute Gasteiger partial charge is 0.508 e. The maximum Gasteiger partial charge on any atom is 0.146 e. The third-order valence-electron chi connectivity index (χ3n) is 2.26. The summed E-state index contributed by atoms with van der Waals surface area (Å²) < 4.78 is 1.79. The minimum Gasteiger partial charge on any atom is -0.508 e. The van der Waals surface area contributed by atoms with Crippen LogP contribution in [0.1, 0.15) is 12.6 Å². The van der Waals surface area contributed by atoms with E-state index in [9.17, 15) is 5.11 Å². The molecule has 0 radical (unpaired) electrons. The number of phenols is 1. The lowest BCUT2D eigenvalue weighted by atomic mass is 10.3. The highest BCUT2D eigenvalue weighted by Gasteiger charge is 2.05. The molecule has 4 heteroatoms. The van der Waals surface area contributed by atoms with Crippen LogP contribution in [0, 0.1) is 0 Å². The lowest BCUT2D eigenvalue weighted by Crippen LogP contribution is -2.01. The molecule has 0 aliphatic heterocycles. The molecule has 1 heterocycles. The zero-order valence-electron chi connectivity index (χ0n) is 8.51. The fourth-order valence-electron chi connectivity index (χ4n) is 1.51. The second-order valence-electron chi connectivity index (χ2n) is 3.34. The van der Waals surface area contributed by atoms with Gasteiger partial charge in [-0.1, -0.05) is 6.92 Å². The number of nitrogens with zero attached hydrogens (tertiary/aromatic N) is 2. The Kier molecular flexibility index (Phi) is 2.33. The number of nitrogens with two attached hydrogens (primary N) is 1. The number of aromatic hydroxyl groups is 1. The second-order valence-corrected chi connectivity index (χ2v) is 3.34. The molecule has 78 valence electrons. The van der Waals surface area contributed by atoms with Crippen molar-refractivity contribution in [3.05, 3.63) is 36.0 Å². The number of nitrogen functional groups attached to an aromatic ring is 1. The van der Waals surface area contributed by atoms with Crippen molar-refractivity contribution in [2.24, 2.45) is 0 Å². The van der Waals surface area contributed by atoms with Crippen LogP contribution < -0.4 is 5.73 Å². The number of rotatable bonds is 2. The lowest BCUT2D eigenvalue weighted by Gasteiger charge is -2.05. The maximum absolute atomic E-state index is 9.18. The molecule has 0 saturated heterocycles. The average molecular weight is 203 g/mol. The first-order valence-corrected chi connectivity index (χ1v) is 4.84. The molecule has 2 rings (SSSR count). The highest BCUT2D eigenvalue weighted by Crippen LogP contribution is 2.17. The van der Waals surface area contributed by atoms with Gasteiger partial charge in [-0.25, -0.2) is 4.68 Å². The van der Waals surface area contributed by atoms with E-state index in [0.29, 0.717) is 5.82 Å². The van der Waals surface area contributed by atoms with Crippen molar-refractivity contribution in [3.63, 3.8) is 0 Å². The summed E-state index contributed by atoms with van der Waals surface area (Å²) in [5.41, 5.74) is 7.60. The van der Waals surface area contributed by atoms with E-state index in [4.69, 9.17) is 5.73 Å². The van der Waals surface area contributed by atoms with E-state index in [1.165, 1.54) is 0 Å². The van der Waals surface area contributed by atoms with Crippen LogP contribution in [0.3, 0.4) is 0 Å². The van der Waals surface area contributed by atoms with Crippen LogP contribution in [0.15, 0.2) is 30.3 Å². The van der Waals surface area contributed by atoms with Gasteiger partial charge in [0.25, 0.3) is 0 Å². The molecule has 0 unspecified atom stereocenters. The van der Waals surface area contributed by atoms with Gasteiger partial charge in [0.05, 0.1) is 5.69 Å². The third-order valence-corrected chi connectivity index (χ3v) is 2.26. The second kappa shape index (κ2) is 3.65. The summed E-state index contributed by atoms with van der Waals surface area (Å²) in [5, 5.41) is 13.4. The summed E-state index contributed by atoms with van der Waals surface area (Å²) in [6.45, 7) is 2.05. The number of benzene rings is 1. The zero-order chi connectivity index (χ0) is 10.8. The summed E-state index contributed by atoms with van der Waals surface area (Å²) in [4.78, 5) is 0. The molecule has 2 aromatic rings. The molecule has 0 aliphatic carbocycles. The van der Waals surface area contributed by atoms with Crippen molar-refractivity contribution >= 4 is 5.82 Å². The first-order valence-electron chi connectivity index (χ1n) is 4.84. The monoisotopic (exact) mass is 203 g/mol. The third kappa shape index (κ3) is 1.79. The van der Waals surface area contributed by atoms with Crippen LogP contribution >= 0.6 is 0 Å². The molecule has 15 heavy (non-hydrogen) atoms. The molecule has 0 fully saturated rings. The number of aryl methyl sites for hydroxylation is 1. The number of hydrogen-bond acceptors (Lipinski definition) is 3. The summed E-state index contributed by atoms with van der Waals surface area (Å²) in [6, 6.07) is 8.73. The van der Waals surface area contributed by atoms with Gasteiger partial charge < -0.3 is 10.8 Å². The van der Waals surface area contributed by atoms with Gasteiger partial charge in [0.2, 0.25) is 0 Å². The van der Waals surface area contributed by atoms with Crippen molar-refractivity contribution in [3.8, 4) is 11.4 Å². The van der Waals surface area contributed by atoms with Gasteiger partial charge >= 0.3 is 0 Å². The SMILES string of the molecule is CCc1cc(N)nn1-c1ccc(O)cc1.